The molecule has 1 heterocycles. The van der Waals surface area contributed by atoms with E-state index >= 15 is 0 Å². The Labute approximate surface area is 59.4 Å². The number of nitrogens with one attached hydrogen (secondary N) is 1. The molecule has 0 aromatic rings. The third kappa shape index (κ3) is 1.26. The minimum atomic E-state index is 1.03. The Kier molecular flexibility index (Phi) is 2.15. The maximum Gasteiger partial charge on any atom is 0.0714 e. The van der Waals surface area contributed by atoms with E-state index in [9.17, 15) is 0 Å². The minimum Gasteiger partial charge on any atom is -0.258 e. The average Bonchev–Trinajstić information content (AvgIpc) is 2.33. The molecule has 1 aliphatic heterocycles. The molecule has 1 nitrogen and oxygen atoms in total. The molecule has 0 bridgehead atoms. The Hall–Kier alpha value is -0.460. The van der Waals surface area contributed by atoms with Crippen LogP contribution in [0.5, 0.6) is 0 Å². The first-order chi connectivity index (χ1) is 4.38. The molecule has 0 atom stereocenters. The summed E-state index contributed by atoms with van der Waals surface area (Å²) in [6.45, 7) is 2.11. The van der Waals surface area contributed by atoms with Crippen molar-refractivity contribution >= 4 is 17.6 Å². The third-order valence-electron chi connectivity index (χ3n) is 1.34. The van der Waals surface area contributed by atoms with Crippen molar-refractivity contribution in [2.45, 2.75) is 13.3 Å². The van der Waals surface area contributed by atoms with E-state index in [0.29, 0.717) is 0 Å². The molecule has 0 fully saturated rings. The number of rotatable bonds is 1. The summed E-state index contributed by atoms with van der Waals surface area (Å²) in [6, 6.07) is 0. The van der Waals surface area contributed by atoms with Crippen LogP contribution in [0.1, 0.15) is 13.3 Å². The molecule has 0 radical (unpaired) electrons. The van der Waals surface area contributed by atoms with Crippen molar-refractivity contribution in [1.29, 1.82) is 5.41 Å². The maximum absolute atomic E-state index is 6.88. The molecule has 1 aliphatic rings. The monoisotopic (exact) mass is 139 g/mol. The van der Waals surface area contributed by atoms with Crippen LogP contribution >= 0.6 is 11.8 Å². The highest BCUT2D eigenvalue weighted by atomic mass is 32.2. The fourth-order valence-electron chi connectivity index (χ4n) is 0.832. The van der Waals surface area contributed by atoms with Crippen molar-refractivity contribution in [3.8, 4) is 0 Å². The van der Waals surface area contributed by atoms with Crippen molar-refractivity contribution in [3.63, 3.8) is 0 Å². The predicted octanol–water partition coefficient (Wildman–Crippen LogP) is 2.20. The van der Waals surface area contributed by atoms with E-state index in [1.807, 2.05) is 0 Å². The number of thioether (sulfide) groups is 1. The summed E-state index contributed by atoms with van der Waals surface area (Å²) in [7, 11) is 0. The summed E-state index contributed by atoms with van der Waals surface area (Å²) in [5.74, 6) is 3.46. The van der Waals surface area contributed by atoms with Crippen molar-refractivity contribution < 1.29 is 0 Å². The van der Waals surface area contributed by atoms with Gasteiger partial charge in [0.05, 0.1) is 4.91 Å². The molecule has 0 unspecified atom stereocenters. The molecule has 0 spiro atoms. The van der Waals surface area contributed by atoms with Gasteiger partial charge in [-0.1, -0.05) is 13.0 Å². The third-order valence-corrected chi connectivity index (χ3v) is 2.33. The Balaban J connectivity index is 2.80. The van der Waals surface area contributed by atoms with Crippen LogP contribution in [0.15, 0.2) is 16.6 Å². The summed E-state index contributed by atoms with van der Waals surface area (Å²) < 4.78 is 0. The highest BCUT2D eigenvalue weighted by molar-refractivity contribution is 8.04. The molecular weight excluding hydrogens is 130 g/mol. The van der Waals surface area contributed by atoms with Gasteiger partial charge in [0.1, 0.15) is 0 Å². The second kappa shape index (κ2) is 2.90. The van der Waals surface area contributed by atoms with Gasteiger partial charge in [0.25, 0.3) is 0 Å². The summed E-state index contributed by atoms with van der Waals surface area (Å²) >= 11 is 1.70. The average molecular weight is 139 g/mol. The van der Waals surface area contributed by atoms with Crippen molar-refractivity contribution in [3.05, 3.63) is 16.6 Å². The van der Waals surface area contributed by atoms with E-state index < -0.39 is 0 Å². The smallest absolute Gasteiger partial charge is 0.0714 e. The lowest BCUT2D eigenvalue weighted by Crippen LogP contribution is -1.76. The number of allylic oxidation sites excluding steroid dienone is 1. The van der Waals surface area contributed by atoms with Gasteiger partial charge < -0.3 is 0 Å². The second-order valence-corrected chi connectivity index (χ2v) is 2.88. The van der Waals surface area contributed by atoms with Crippen LogP contribution in [0.3, 0.4) is 0 Å². The van der Waals surface area contributed by atoms with E-state index in [-0.39, 0.29) is 0 Å². The van der Waals surface area contributed by atoms with Gasteiger partial charge in [-0.25, -0.2) is 0 Å². The maximum atomic E-state index is 6.88. The Bertz CT molecular complexity index is 187. The van der Waals surface area contributed by atoms with Gasteiger partial charge in [-0.15, -0.1) is 11.8 Å². The summed E-state index contributed by atoms with van der Waals surface area (Å²) in [6.07, 6.45) is 3.20. The molecule has 0 amide bonds. The zero-order valence-electron chi connectivity index (χ0n) is 5.40. The Morgan fingerprint density at radius 1 is 1.89 bits per heavy atom. The molecule has 2 heteroatoms. The van der Waals surface area contributed by atoms with Crippen molar-refractivity contribution in [1.82, 2.24) is 0 Å². The lowest BCUT2D eigenvalue weighted by Gasteiger charge is -1.93. The van der Waals surface area contributed by atoms with Crippen LogP contribution in [-0.4, -0.2) is 11.6 Å². The normalized spacial score (nSPS) is 17.4. The van der Waals surface area contributed by atoms with Gasteiger partial charge in [0.15, 0.2) is 0 Å². The highest BCUT2D eigenvalue weighted by Gasteiger charge is 2.08. The quantitative estimate of drug-likeness (QED) is 0.553. The van der Waals surface area contributed by atoms with Gasteiger partial charge in [-0.05, 0) is 17.9 Å². The SMILES string of the molecule is CCC1=CCSC1=C=N. The molecular formula is C7H9NS. The lowest BCUT2D eigenvalue weighted by molar-refractivity contribution is 1.15. The first-order valence-corrected chi connectivity index (χ1v) is 3.99. The van der Waals surface area contributed by atoms with Crippen LogP contribution < -0.4 is 0 Å². The van der Waals surface area contributed by atoms with Crippen molar-refractivity contribution in [2.24, 2.45) is 0 Å². The molecule has 9 heavy (non-hydrogen) atoms. The first kappa shape index (κ1) is 6.66. The van der Waals surface area contributed by atoms with Crippen LogP contribution in [0.4, 0.5) is 0 Å². The van der Waals surface area contributed by atoms with Gasteiger partial charge in [-0.3, -0.25) is 5.41 Å². The van der Waals surface area contributed by atoms with E-state index in [1.165, 1.54) is 5.57 Å². The fraction of sp³-hybridized carbons (Fsp3) is 0.429. The van der Waals surface area contributed by atoms with Crippen molar-refractivity contribution in [2.75, 3.05) is 5.75 Å². The second-order valence-electron chi connectivity index (χ2n) is 1.85. The predicted molar refractivity (Wildman–Crippen MR) is 42.1 cm³/mol. The van der Waals surface area contributed by atoms with Crippen LogP contribution in [0, 0.1) is 5.41 Å². The molecule has 0 aromatic carbocycles. The summed E-state index contributed by atoms with van der Waals surface area (Å²) in [5.41, 5.74) is 1.29. The Morgan fingerprint density at radius 3 is 3.11 bits per heavy atom. The Morgan fingerprint density at radius 2 is 2.67 bits per heavy atom. The van der Waals surface area contributed by atoms with Crippen LogP contribution in [0.2, 0.25) is 0 Å². The molecule has 0 saturated carbocycles. The van der Waals surface area contributed by atoms with E-state index in [2.05, 4.69) is 18.9 Å². The minimum absolute atomic E-state index is 1.03. The van der Waals surface area contributed by atoms with Gasteiger partial charge in [-0.2, -0.15) is 0 Å². The highest BCUT2D eigenvalue weighted by Crippen LogP contribution is 2.30. The molecule has 0 aliphatic carbocycles. The van der Waals surface area contributed by atoms with Gasteiger partial charge in [0.2, 0.25) is 0 Å². The summed E-state index contributed by atoms with van der Waals surface area (Å²) in [4.78, 5) is 1.03. The lowest BCUT2D eigenvalue weighted by atomic mass is 10.2. The fourth-order valence-corrected chi connectivity index (χ4v) is 1.77. The molecule has 1 rings (SSSR count). The largest absolute Gasteiger partial charge is 0.258 e. The van der Waals surface area contributed by atoms with Crippen LogP contribution in [-0.2, 0) is 0 Å². The standard InChI is InChI=1S/C7H9NS/c1-2-6-3-4-9-7(6)5-8/h3,8H,2,4H2,1H3. The molecule has 0 saturated heterocycles. The van der Waals surface area contributed by atoms with Gasteiger partial charge in [0, 0.05) is 5.75 Å². The number of hydrogen-bond acceptors (Lipinski definition) is 2. The molecule has 1 N–H and O–H groups in total. The van der Waals surface area contributed by atoms with E-state index in [4.69, 9.17) is 5.41 Å². The number of hydrogen-bond donors (Lipinski definition) is 1. The zero-order chi connectivity index (χ0) is 6.69. The summed E-state index contributed by atoms with van der Waals surface area (Å²) in [5, 5.41) is 6.88. The molecule has 48 valence electrons. The zero-order valence-corrected chi connectivity index (χ0v) is 6.22. The first-order valence-electron chi connectivity index (χ1n) is 3.00. The van der Waals surface area contributed by atoms with E-state index in [1.54, 1.807) is 11.8 Å². The topological polar surface area (TPSA) is 23.9 Å². The molecule has 0 aromatic heterocycles. The van der Waals surface area contributed by atoms with Crippen LogP contribution in [0.25, 0.3) is 0 Å². The van der Waals surface area contributed by atoms with E-state index in [0.717, 1.165) is 17.1 Å². The van der Waals surface area contributed by atoms with Gasteiger partial charge >= 0.3 is 0 Å².